The van der Waals surface area contributed by atoms with Gasteiger partial charge in [-0.1, -0.05) is 30.3 Å². The number of hydrogen-bond donors (Lipinski definition) is 3. The second-order valence-corrected chi connectivity index (χ2v) is 4.90. The van der Waals surface area contributed by atoms with Gasteiger partial charge in [-0.25, -0.2) is 4.98 Å². The largest absolute Gasteiger partial charge is 0.392 e. The smallest absolute Gasteiger partial charge is 0.248 e. The summed E-state index contributed by atoms with van der Waals surface area (Å²) in [6, 6.07) is 13.1. The number of hydrogen-bond acceptors (Lipinski definition) is 4. The second-order valence-electron chi connectivity index (χ2n) is 4.90. The van der Waals surface area contributed by atoms with E-state index in [1.54, 1.807) is 31.3 Å². The Morgan fingerprint density at radius 2 is 2.05 bits per heavy atom. The highest BCUT2D eigenvalue weighted by Gasteiger charge is 2.00. The summed E-state index contributed by atoms with van der Waals surface area (Å²) in [5.74, 6) is 0.439. The van der Waals surface area contributed by atoms with Crippen LogP contribution in [0.1, 0.15) is 12.5 Å². The number of benzene rings is 1. The van der Waals surface area contributed by atoms with Gasteiger partial charge in [-0.15, -0.1) is 0 Å². The molecule has 1 heterocycles. The molecule has 22 heavy (non-hydrogen) atoms. The van der Waals surface area contributed by atoms with E-state index in [4.69, 9.17) is 0 Å². The van der Waals surface area contributed by atoms with E-state index in [2.05, 4.69) is 15.6 Å². The highest BCUT2D eigenvalue weighted by molar-refractivity contribution is 6.01. The first-order valence-corrected chi connectivity index (χ1v) is 7.05. The van der Waals surface area contributed by atoms with Crippen molar-refractivity contribution in [3.8, 4) is 0 Å². The first kappa shape index (κ1) is 15.7. The molecule has 0 fully saturated rings. The number of amides is 1. The van der Waals surface area contributed by atoms with Crippen LogP contribution in [-0.2, 0) is 4.79 Å². The summed E-state index contributed by atoms with van der Waals surface area (Å²) >= 11 is 0. The first-order chi connectivity index (χ1) is 10.6. The van der Waals surface area contributed by atoms with Crippen molar-refractivity contribution in [2.24, 2.45) is 0 Å². The zero-order valence-electron chi connectivity index (χ0n) is 12.4. The topological polar surface area (TPSA) is 74.2 Å². The van der Waals surface area contributed by atoms with Gasteiger partial charge in [0.05, 0.1) is 18.0 Å². The Morgan fingerprint density at radius 3 is 2.68 bits per heavy atom. The lowest BCUT2D eigenvalue weighted by molar-refractivity contribution is -0.111. The number of aliphatic hydroxyl groups is 1. The van der Waals surface area contributed by atoms with Crippen molar-refractivity contribution in [1.29, 1.82) is 0 Å². The summed E-state index contributed by atoms with van der Waals surface area (Å²) in [4.78, 5) is 16.0. The summed E-state index contributed by atoms with van der Waals surface area (Å²) in [7, 11) is 0. The van der Waals surface area contributed by atoms with E-state index in [0.717, 1.165) is 5.56 Å². The molecule has 1 atom stereocenters. The Balaban J connectivity index is 1.87. The van der Waals surface area contributed by atoms with E-state index in [1.807, 2.05) is 30.3 Å². The molecule has 0 spiro atoms. The molecule has 0 aliphatic rings. The predicted molar refractivity (Wildman–Crippen MR) is 88.5 cm³/mol. The summed E-state index contributed by atoms with van der Waals surface area (Å²) < 4.78 is 0. The van der Waals surface area contributed by atoms with Crippen LogP contribution in [0.15, 0.2) is 54.7 Å². The molecule has 2 aromatic rings. The normalized spacial score (nSPS) is 12.1. The van der Waals surface area contributed by atoms with Crippen molar-refractivity contribution in [2.45, 2.75) is 13.0 Å². The fourth-order valence-electron chi connectivity index (χ4n) is 1.74. The van der Waals surface area contributed by atoms with Crippen molar-refractivity contribution in [3.63, 3.8) is 0 Å². The van der Waals surface area contributed by atoms with Crippen LogP contribution >= 0.6 is 0 Å². The third-order valence-corrected chi connectivity index (χ3v) is 2.84. The zero-order valence-corrected chi connectivity index (χ0v) is 12.4. The fourth-order valence-corrected chi connectivity index (χ4v) is 1.74. The van der Waals surface area contributed by atoms with Crippen LogP contribution in [0.25, 0.3) is 6.08 Å². The molecule has 1 aromatic carbocycles. The van der Waals surface area contributed by atoms with Gasteiger partial charge in [0.2, 0.25) is 5.91 Å². The molecule has 1 amide bonds. The molecule has 0 aliphatic carbocycles. The SMILES string of the molecule is CC(O)CNc1ccc(NC(=O)/C=C/c2ccccc2)cn1. The van der Waals surface area contributed by atoms with E-state index < -0.39 is 6.10 Å². The van der Waals surface area contributed by atoms with Gasteiger partial charge in [-0.05, 0) is 30.7 Å². The third kappa shape index (κ3) is 5.38. The molecule has 5 nitrogen and oxygen atoms in total. The minimum absolute atomic E-state index is 0.213. The first-order valence-electron chi connectivity index (χ1n) is 7.05. The van der Waals surface area contributed by atoms with Gasteiger partial charge in [0, 0.05) is 12.6 Å². The standard InChI is InChI=1S/C17H19N3O2/c1-13(21)11-18-16-9-8-15(12-19-16)20-17(22)10-7-14-5-3-2-4-6-14/h2-10,12-13,21H,11H2,1H3,(H,18,19)(H,20,22)/b10-7+. The van der Waals surface area contributed by atoms with Crippen LogP contribution in [0, 0.1) is 0 Å². The number of nitrogens with one attached hydrogen (secondary N) is 2. The van der Waals surface area contributed by atoms with Crippen molar-refractivity contribution in [3.05, 3.63) is 60.3 Å². The molecule has 2 rings (SSSR count). The van der Waals surface area contributed by atoms with Crippen molar-refractivity contribution < 1.29 is 9.90 Å². The zero-order chi connectivity index (χ0) is 15.8. The van der Waals surface area contributed by atoms with Crippen LogP contribution in [0.4, 0.5) is 11.5 Å². The van der Waals surface area contributed by atoms with E-state index in [9.17, 15) is 9.90 Å². The molecule has 0 saturated heterocycles. The molecular weight excluding hydrogens is 278 g/mol. The maximum atomic E-state index is 11.8. The molecule has 1 unspecified atom stereocenters. The van der Waals surface area contributed by atoms with Gasteiger partial charge >= 0.3 is 0 Å². The summed E-state index contributed by atoms with van der Waals surface area (Å²) in [6.45, 7) is 2.12. The van der Waals surface area contributed by atoms with E-state index >= 15 is 0 Å². The Hall–Kier alpha value is -2.66. The van der Waals surface area contributed by atoms with Crippen LogP contribution in [0.5, 0.6) is 0 Å². The molecular formula is C17H19N3O2. The number of aromatic nitrogens is 1. The van der Waals surface area contributed by atoms with Crippen molar-refractivity contribution >= 4 is 23.5 Å². The third-order valence-electron chi connectivity index (χ3n) is 2.84. The van der Waals surface area contributed by atoms with Gasteiger partial charge in [0.15, 0.2) is 0 Å². The van der Waals surface area contributed by atoms with Gasteiger partial charge in [0.25, 0.3) is 0 Å². The lowest BCUT2D eigenvalue weighted by Gasteiger charge is -2.08. The van der Waals surface area contributed by atoms with E-state index in [-0.39, 0.29) is 5.91 Å². The number of carbonyl (C=O) groups excluding carboxylic acids is 1. The van der Waals surface area contributed by atoms with Gasteiger partial charge in [-0.3, -0.25) is 4.79 Å². The summed E-state index contributed by atoms with van der Waals surface area (Å²) in [5, 5.41) is 14.9. The number of rotatable bonds is 6. The minimum Gasteiger partial charge on any atom is -0.392 e. The van der Waals surface area contributed by atoms with Crippen LogP contribution in [0.3, 0.4) is 0 Å². The van der Waals surface area contributed by atoms with E-state index in [0.29, 0.717) is 18.1 Å². The molecule has 0 radical (unpaired) electrons. The highest BCUT2D eigenvalue weighted by Crippen LogP contribution is 2.10. The van der Waals surface area contributed by atoms with Crippen LogP contribution in [-0.4, -0.2) is 28.6 Å². The van der Waals surface area contributed by atoms with Gasteiger partial charge < -0.3 is 15.7 Å². The lowest BCUT2D eigenvalue weighted by Crippen LogP contribution is -2.16. The Bertz CT molecular complexity index is 622. The minimum atomic E-state index is -0.440. The molecule has 0 bridgehead atoms. The molecule has 114 valence electrons. The van der Waals surface area contributed by atoms with Gasteiger partial charge in [-0.2, -0.15) is 0 Å². The summed E-state index contributed by atoms with van der Waals surface area (Å²) in [5.41, 5.74) is 1.58. The maximum absolute atomic E-state index is 11.8. The Kier molecular flexibility index (Phi) is 5.68. The van der Waals surface area contributed by atoms with Gasteiger partial charge in [0.1, 0.15) is 5.82 Å². The molecule has 5 heteroatoms. The lowest BCUT2D eigenvalue weighted by atomic mass is 10.2. The average molecular weight is 297 g/mol. The number of nitrogens with zero attached hydrogens (tertiary/aromatic N) is 1. The molecule has 0 saturated carbocycles. The number of anilines is 2. The second kappa shape index (κ2) is 7.95. The number of carbonyl (C=O) groups is 1. The molecule has 0 aliphatic heterocycles. The van der Waals surface area contributed by atoms with Crippen LogP contribution < -0.4 is 10.6 Å². The monoisotopic (exact) mass is 297 g/mol. The predicted octanol–water partition coefficient (Wildman–Crippen LogP) is 2.53. The average Bonchev–Trinajstić information content (AvgIpc) is 2.53. The fraction of sp³-hybridized carbons (Fsp3) is 0.176. The van der Waals surface area contributed by atoms with Crippen molar-refractivity contribution in [2.75, 3.05) is 17.2 Å². The Labute approximate surface area is 129 Å². The molecule has 1 aromatic heterocycles. The Morgan fingerprint density at radius 1 is 1.27 bits per heavy atom. The van der Waals surface area contributed by atoms with E-state index in [1.165, 1.54) is 6.08 Å². The quantitative estimate of drug-likeness (QED) is 0.716. The molecule has 3 N–H and O–H groups in total. The number of pyridine rings is 1. The summed E-state index contributed by atoms with van der Waals surface area (Å²) in [6.07, 6.45) is 4.36. The number of aliphatic hydroxyl groups excluding tert-OH is 1. The van der Waals surface area contributed by atoms with Crippen molar-refractivity contribution in [1.82, 2.24) is 4.98 Å². The highest BCUT2D eigenvalue weighted by atomic mass is 16.3. The van der Waals surface area contributed by atoms with Crippen LogP contribution in [0.2, 0.25) is 0 Å². The maximum Gasteiger partial charge on any atom is 0.248 e.